The number of fused-ring (bicyclic) bond motifs is 1. The third-order valence-electron chi connectivity index (χ3n) is 4.09. The lowest BCUT2D eigenvalue weighted by Gasteiger charge is -2.60. The lowest BCUT2D eigenvalue weighted by Crippen LogP contribution is -2.69. The third-order valence-corrected chi connectivity index (χ3v) is 4.09. The van der Waals surface area contributed by atoms with Gasteiger partial charge in [-0.2, -0.15) is 0 Å². The van der Waals surface area contributed by atoms with E-state index in [0.717, 1.165) is 13.0 Å². The first-order valence-corrected chi connectivity index (χ1v) is 6.13. The van der Waals surface area contributed by atoms with Crippen molar-refractivity contribution in [2.24, 2.45) is 11.3 Å². The van der Waals surface area contributed by atoms with E-state index in [-0.39, 0.29) is 11.3 Å². The first-order chi connectivity index (χ1) is 7.57. The van der Waals surface area contributed by atoms with Crippen LogP contribution in [0.3, 0.4) is 0 Å². The number of hydrogen-bond donors (Lipinski definition) is 2. The zero-order valence-electron chi connectivity index (χ0n) is 10.4. The predicted octanol–water partition coefficient (Wildman–Crippen LogP) is 0.526. The van der Waals surface area contributed by atoms with Crippen molar-refractivity contribution in [3.63, 3.8) is 0 Å². The number of rotatable bonds is 3. The van der Waals surface area contributed by atoms with Crippen LogP contribution in [-0.2, 0) is 9.53 Å². The maximum Gasteiger partial charge on any atom is 0.233 e. The third kappa shape index (κ3) is 1.84. The summed E-state index contributed by atoms with van der Waals surface area (Å²) in [7, 11) is 1.67. The molecule has 1 heterocycles. The van der Waals surface area contributed by atoms with Crippen molar-refractivity contribution in [3.05, 3.63) is 0 Å². The fourth-order valence-electron chi connectivity index (χ4n) is 3.23. The molecule has 1 amide bonds. The molecule has 2 aliphatic rings. The average Bonchev–Trinajstić information content (AvgIpc) is 2.28. The first kappa shape index (κ1) is 11.9. The molecule has 16 heavy (non-hydrogen) atoms. The van der Waals surface area contributed by atoms with Crippen LogP contribution in [0.25, 0.3) is 0 Å². The summed E-state index contributed by atoms with van der Waals surface area (Å²) >= 11 is 0. The topological polar surface area (TPSA) is 50.4 Å². The normalized spacial score (nSPS) is 36.1. The van der Waals surface area contributed by atoms with E-state index in [9.17, 15) is 4.79 Å². The van der Waals surface area contributed by atoms with Crippen LogP contribution in [0.5, 0.6) is 0 Å². The molecule has 0 aromatic heterocycles. The summed E-state index contributed by atoms with van der Waals surface area (Å²) in [5.41, 5.74) is 0.152. The summed E-state index contributed by atoms with van der Waals surface area (Å²) in [6.45, 7) is 5.75. The van der Waals surface area contributed by atoms with E-state index >= 15 is 0 Å². The van der Waals surface area contributed by atoms with Gasteiger partial charge in [-0.3, -0.25) is 4.79 Å². The molecule has 2 fully saturated rings. The molecule has 1 aliphatic carbocycles. The highest BCUT2D eigenvalue weighted by Crippen LogP contribution is 2.51. The smallest absolute Gasteiger partial charge is 0.233 e. The Balaban J connectivity index is 1.91. The highest BCUT2D eigenvalue weighted by atomic mass is 16.5. The molecule has 3 atom stereocenters. The first-order valence-electron chi connectivity index (χ1n) is 6.13. The second kappa shape index (κ2) is 4.34. The molecular weight excluding hydrogens is 204 g/mol. The van der Waals surface area contributed by atoms with Gasteiger partial charge in [0.05, 0.1) is 12.6 Å². The van der Waals surface area contributed by atoms with Crippen LogP contribution in [0.15, 0.2) is 0 Å². The van der Waals surface area contributed by atoms with E-state index in [2.05, 4.69) is 24.5 Å². The lowest BCUT2D eigenvalue weighted by atomic mass is 9.55. The van der Waals surface area contributed by atoms with Crippen molar-refractivity contribution in [1.29, 1.82) is 0 Å². The number of carbonyl (C=O) groups excluding carboxylic acids is 1. The Morgan fingerprint density at radius 3 is 2.94 bits per heavy atom. The van der Waals surface area contributed by atoms with E-state index in [0.29, 0.717) is 24.6 Å². The molecule has 1 saturated carbocycles. The Hall–Kier alpha value is -0.610. The van der Waals surface area contributed by atoms with Crippen molar-refractivity contribution >= 4 is 5.91 Å². The molecule has 0 radical (unpaired) electrons. The Labute approximate surface area is 97.1 Å². The minimum atomic E-state index is 0.0518. The number of likely N-dealkylation sites (N-methyl/N-ethyl adjacent to an activating group) is 1. The van der Waals surface area contributed by atoms with Gasteiger partial charge in [-0.25, -0.2) is 0 Å². The molecule has 4 nitrogen and oxygen atoms in total. The molecule has 2 N–H and O–H groups in total. The molecule has 92 valence electrons. The van der Waals surface area contributed by atoms with Crippen molar-refractivity contribution in [2.45, 2.75) is 38.8 Å². The zero-order valence-corrected chi connectivity index (χ0v) is 10.4. The van der Waals surface area contributed by atoms with Crippen LogP contribution >= 0.6 is 0 Å². The minimum Gasteiger partial charge on any atom is -0.377 e. The standard InChI is InChI=1S/C12H22N2O2/c1-12(2)10(14-7-9(15)13-3)8-5-4-6-16-11(8)12/h8,10-11,14H,4-7H2,1-3H3,(H,13,15). The summed E-state index contributed by atoms with van der Waals surface area (Å²) in [6, 6.07) is 0.412. The maximum absolute atomic E-state index is 11.2. The van der Waals surface area contributed by atoms with Gasteiger partial charge in [0.2, 0.25) is 5.91 Å². The molecular formula is C12H22N2O2. The second-order valence-corrected chi connectivity index (χ2v) is 5.45. The molecule has 0 aromatic rings. The van der Waals surface area contributed by atoms with Gasteiger partial charge in [-0.05, 0) is 12.8 Å². The average molecular weight is 226 g/mol. The number of carbonyl (C=O) groups is 1. The Morgan fingerprint density at radius 1 is 1.50 bits per heavy atom. The maximum atomic E-state index is 11.2. The summed E-state index contributed by atoms with van der Waals surface area (Å²) in [5, 5.41) is 6.00. The van der Waals surface area contributed by atoms with E-state index in [1.807, 2.05) is 0 Å². The highest BCUT2D eigenvalue weighted by molar-refractivity contribution is 5.77. The zero-order chi connectivity index (χ0) is 11.8. The van der Waals surface area contributed by atoms with Crippen molar-refractivity contribution in [1.82, 2.24) is 10.6 Å². The Bertz CT molecular complexity index is 278. The molecule has 1 aliphatic heterocycles. The number of amides is 1. The molecule has 4 heteroatoms. The fraction of sp³-hybridized carbons (Fsp3) is 0.917. The van der Waals surface area contributed by atoms with E-state index in [1.165, 1.54) is 6.42 Å². The van der Waals surface area contributed by atoms with Gasteiger partial charge in [-0.1, -0.05) is 13.8 Å². The van der Waals surface area contributed by atoms with Crippen LogP contribution in [0.4, 0.5) is 0 Å². The van der Waals surface area contributed by atoms with Gasteiger partial charge in [0.25, 0.3) is 0 Å². The van der Waals surface area contributed by atoms with Crippen LogP contribution in [0.1, 0.15) is 26.7 Å². The Kier molecular flexibility index (Phi) is 3.22. The largest absolute Gasteiger partial charge is 0.377 e. The SMILES string of the molecule is CNC(=O)CNC1C2CCCOC2C1(C)C. The molecule has 0 aromatic carbocycles. The van der Waals surface area contributed by atoms with E-state index < -0.39 is 0 Å². The number of hydrogen-bond acceptors (Lipinski definition) is 3. The van der Waals surface area contributed by atoms with Crippen LogP contribution in [0.2, 0.25) is 0 Å². The number of nitrogens with one attached hydrogen (secondary N) is 2. The van der Waals surface area contributed by atoms with Gasteiger partial charge >= 0.3 is 0 Å². The van der Waals surface area contributed by atoms with Crippen molar-refractivity contribution in [3.8, 4) is 0 Å². The molecule has 2 rings (SSSR count). The van der Waals surface area contributed by atoms with Gasteiger partial charge in [0, 0.05) is 31.0 Å². The second-order valence-electron chi connectivity index (χ2n) is 5.45. The van der Waals surface area contributed by atoms with Crippen molar-refractivity contribution < 1.29 is 9.53 Å². The van der Waals surface area contributed by atoms with E-state index in [1.54, 1.807) is 7.05 Å². The molecule has 0 bridgehead atoms. The minimum absolute atomic E-state index is 0.0518. The summed E-state index contributed by atoms with van der Waals surface area (Å²) in [5.74, 6) is 0.643. The van der Waals surface area contributed by atoms with Gasteiger partial charge in [0.1, 0.15) is 0 Å². The Morgan fingerprint density at radius 2 is 2.25 bits per heavy atom. The fourth-order valence-corrected chi connectivity index (χ4v) is 3.23. The van der Waals surface area contributed by atoms with Crippen LogP contribution in [0, 0.1) is 11.3 Å². The van der Waals surface area contributed by atoms with Crippen LogP contribution < -0.4 is 10.6 Å². The molecule has 1 saturated heterocycles. The quantitative estimate of drug-likeness (QED) is 0.738. The van der Waals surface area contributed by atoms with E-state index in [4.69, 9.17) is 4.74 Å². The monoisotopic (exact) mass is 226 g/mol. The van der Waals surface area contributed by atoms with Gasteiger partial charge < -0.3 is 15.4 Å². The predicted molar refractivity (Wildman–Crippen MR) is 62.1 cm³/mol. The number of ether oxygens (including phenoxy) is 1. The summed E-state index contributed by atoms with van der Waals surface area (Å²) < 4.78 is 5.81. The lowest BCUT2D eigenvalue weighted by molar-refractivity contribution is -0.192. The highest BCUT2D eigenvalue weighted by Gasteiger charge is 2.57. The van der Waals surface area contributed by atoms with Gasteiger partial charge in [0.15, 0.2) is 0 Å². The van der Waals surface area contributed by atoms with Crippen LogP contribution in [-0.4, -0.2) is 38.3 Å². The molecule has 0 spiro atoms. The van der Waals surface area contributed by atoms with Gasteiger partial charge in [-0.15, -0.1) is 0 Å². The molecule has 3 unspecified atom stereocenters. The summed E-state index contributed by atoms with van der Waals surface area (Å²) in [4.78, 5) is 11.2. The van der Waals surface area contributed by atoms with Crippen molar-refractivity contribution in [2.75, 3.05) is 20.2 Å². The summed E-state index contributed by atoms with van der Waals surface area (Å²) in [6.07, 6.45) is 2.75.